The van der Waals surface area contributed by atoms with E-state index in [2.05, 4.69) is 15.1 Å². The van der Waals surface area contributed by atoms with E-state index in [0.29, 0.717) is 21.4 Å². The van der Waals surface area contributed by atoms with Crippen LogP contribution in [0, 0.1) is 0 Å². The minimum Gasteiger partial charge on any atom is -0.362 e. The third kappa shape index (κ3) is 3.33. The molecular weight excluding hydrogens is 409 g/mol. The number of benzene rings is 1. The molecule has 140 valence electrons. The monoisotopic (exact) mass is 423 g/mol. The first-order valence-corrected chi connectivity index (χ1v) is 9.57. The van der Waals surface area contributed by atoms with E-state index in [4.69, 9.17) is 34.8 Å². The zero-order valence-corrected chi connectivity index (χ0v) is 16.7. The van der Waals surface area contributed by atoms with Gasteiger partial charge in [-0.05, 0) is 31.0 Å². The van der Waals surface area contributed by atoms with E-state index in [1.165, 1.54) is 4.68 Å². The minimum absolute atomic E-state index is 0.117. The van der Waals surface area contributed by atoms with Crippen LogP contribution in [-0.2, 0) is 7.05 Å². The van der Waals surface area contributed by atoms with Crippen molar-refractivity contribution in [3.8, 4) is 5.69 Å². The van der Waals surface area contributed by atoms with Crippen molar-refractivity contribution in [2.45, 2.75) is 18.9 Å². The van der Waals surface area contributed by atoms with Crippen LogP contribution in [-0.4, -0.2) is 26.1 Å². The highest BCUT2D eigenvalue weighted by Crippen LogP contribution is 2.38. The molecule has 0 saturated carbocycles. The van der Waals surface area contributed by atoms with Gasteiger partial charge in [0.05, 0.1) is 34.8 Å². The number of anilines is 1. The third-order valence-corrected chi connectivity index (χ3v) is 5.60. The molecule has 3 heterocycles. The lowest BCUT2D eigenvalue weighted by Crippen LogP contribution is -2.28. The summed E-state index contributed by atoms with van der Waals surface area (Å²) in [6, 6.07) is 4.97. The van der Waals surface area contributed by atoms with Gasteiger partial charge in [-0.15, -0.1) is 0 Å². The van der Waals surface area contributed by atoms with E-state index >= 15 is 0 Å². The lowest BCUT2D eigenvalue weighted by Gasteiger charge is -2.26. The Hall–Kier alpha value is -2.02. The van der Waals surface area contributed by atoms with E-state index in [1.54, 1.807) is 29.1 Å². The van der Waals surface area contributed by atoms with Gasteiger partial charge in [0.15, 0.2) is 0 Å². The zero-order valence-electron chi connectivity index (χ0n) is 14.4. The number of aromatic nitrogens is 4. The smallest absolute Gasteiger partial charge is 0.292 e. The highest BCUT2D eigenvalue weighted by molar-refractivity contribution is 6.36. The molecule has 27 heavy (non-hydrogen) atoms. The van der Waals surface area contributed by atoms with Gasteiger partial charge in [-0.2, -0.15) is 14.9 Å². The fourth-order valence-corrected chi connectivity index (χ4v) is 4.19. The molecule has 0 amide bonds. The van der Waals surface area contributed by atoms with E-state index in [1.807, 2.05) is 19.4 Å². The number of nitrogens with zero attached hydrogens (tertiary/aromatic N) is 5. The average molecular weight is 425 g/mol. The number of aryl methyl sites for hydroxylation is 1. The molecule has 1 aliphatic rings. The third-order valence-electron chi connectivity index (χ3n) is 4.71. The summed E-state index contributed by atoms with van der Waals surface area (Å²) in [5, 5.41) is 9.49. The quantitative estimate of drug-likeness (QED) is 0.630. The highest BCUT2D eigenvalue weighted by atomic mass is 35.5. The van der Waals surface area contributed by atoms with Gasteiger partial charge in [0.25, 0.3) is 5.56 Å². The molecule has 0 spiro atoms. The predicted molar refractivity (Wildman–Crippen MR) is 107 cm³/mol. The molecule has 1 atom stereocenters. The Morgan fingerprint density at radius 3 is 2.63 bits per heavy atom. The van der Waals surface area contributed by atoms with Gasteiger partial charge in [-0.3, -0.25) is 9.48 Å². The number of hydrogen-bond donors (Lipinski definition) is 0. The Balaban J connectivity index is 1.75. The van der Waals surface area contributed by atoms with Crippen molar-refractivity contribution in [2.75, 3.05) is 11.4 Å². The van der Waals surface area contributed by atoms with Crippen molar-refractivity contribution in [2.24, 2.45) is 7.05 Å². The molecule has 1 aliphatic heterocycles. The summed E-state index contributed by atoms with van der Waals surface area (Å²) in [6.07, 6.45) is 7.41. The molecule has 1 unspecified atom stereocenters. The maximum Gasteiger partial charge on any atom is 0.292 e. The highest BCUT2D eigenvalue weighted by Gasteiger charge is 2.30. The second kappa shape index (κ2) is 7.19. The standard InChI is InChI=1S/C18H16Cl3N5O/c1-24-10-11(8-22-24)14-3-2-6-25(14)16-9-23-26(18(27)17(16)21)15-5-4-12(19)7-13(15)20/h4-5,7-10,14H,2-3,6H2,1H3. The number of rotatable bonds is 3. The number of hydrogen-bond acceptors (Lipinski definition) is 4. The van der Waals surface area contributed by atoms with Gasteiger partial charge >= 0.3 is 0 Å². The molecule has 1 saturated heterocycles. The van der Waals surface area contributed by atoms with E-state index < -0.39 is 5.56 Å². The Kier molecular flexibility index (Phi) is 4.88. The predicted octanol–water partition coefficient (Wildman–Crippen LogP) is 4.27. The second-order valence-corrected chi connectivity index (χ2v) is 7.68. The molecule has 4 rings (SSSR count). The molecule has 0 bridgehead atoms. The lowest BCUT2D eigenvalue weighted by atomic mass is 10.1. The molecular formula is C18H16Cl3N5O. The summed E-state index contributed by atoms with van der Waals surface area (Å²) in [5.74, 6) is 0. The SMILES string of the molecule is Cn1cc(C2CCCN2c2cnn(-c3ccc(Cl)cc3Cl)c(=O)c2Cl)cn1. The first-order chi connectivity index (χ1) is 13.0. The van der Waals surface area contributed by atoms with Crippen molar-refractivity contribution in [1.82, 2.24) is 19.6 Å². The van der Waals surface area contributed by atoms with Crippen LogP contribution in [0.25, 0.3) is 5.69 Å². The van der Waals surface area contributed by atoms with Crippen molar-refractivity contribution < 1.29 is 0 Å². The van der Waals surface area contributed by atoms with E-state index in [-0.39, 0.29) is 11.1 Å². The van der Waals surface area contributed by atoms with Crippen LogP contribution in [0.3, 0.4) is 0 Å². The van der Waals surface area contributed by atoms with Crippen molar-refractivity contribution in [3.05, 3.63) is 67.8 Å². The maximum atomic E-state index is 12.9. The van der Waals surface area contributed by atoms with Gasteiger partial charge in [0.2, 0.25) is 0 Å². The van der Waals surface area contributed by atoms with Crippen LogP contribution < -0.4 is 10.5 Å². The molecule has 9 heteroatoms. The average Bonchev–Trinajstić information content (AvgIpc) is 3.27. The van der Waals surface area contributed by atoms with Gasteiger partial charge < -0.3 is 4.90 Å². The van der Waals surface area contributed by atoms with E-state index in [0.717, 1.165) is 24.9 Å². The summed E-state index contributed by atoms with van der Waals surface area (Å²) in [4.78, 5) is 15.0. The van der Waals surface area contributed by atoms with E-state index in [9.17, 15) is 4.79 Å². The zero-order chi connectivity index (χ0) is 19.1. The molecule has 6 nitrogen and oxygen atoms in total. The molecule has 1 aromatic carbocycles. The molecule has 0 radical (unpaired) electrons. The van der Waals surface area contributed by atoms with Crippen molar-refractivity contribution in [1.29, 1.82) is 0 Å². The fraction of sp³-hybridized carbons (Fsp3) is 0.278. The summed E-state index contributed by atoms with van der Waals surface area (Å²) in [5.41, 5.74) is 1.73. The first-order valence-electron chi connectivity index (χ1n) is 8.44. The van der Waals surface area contributed by atoms with Crippen LogP contribution in [0.1, 0.15) is 24.4 Å². The summed E-state index contributed by atoms with van der Waals surface area (Å²) < 4.78 is 2.96. The largest absolute Gasteiger partial charge is 0.362 e. The summed E-state index contributed by atoms with van der Waals surface area (Å²) >= 11 is 18.6. The number of halogens is 3. The van der Waals surface area contributed by atoms with Crippen LogP contribution in [0.15, 0.2) is 41.6 Å². The van der Waals surface area contributed by atoms with Crippen molar-refractivity contribution >= 4 is 40.5 Å². The molecule has 1 fully saturated rings. The van der Waals surface area contributed by atoms with Crippen LogP contribution >= 0.6 is 34.8 Å². The van der Waals surface area contributed by atoms with Crippen molar-refractivity contribution in [3.63, 3.8) is 0 Å². The van der Waals surface area contributed by atoms with Gasteiger partial charge in [0.1, 0.15) is 5.02 Å². The Bertz CT molecular complexity index is 1060. The summed E-state index contributed by atoms with van der Waals surface area (Å²) in [7, 11) is 1.88. The van der Waals surface area contributed by atoms with Crippen LogP contribution in [0.4, 0.5) is 5.69 Å². The second-order valence-electron chi connectivity index (χ2n) is 6.46. The molecule has 0 N–H and O–H groups in total. The maximum absolute atomic E-state index is 12.9. The Morgan fingerprint density at radius 1 is 1.11 bits per heavy atom. The first kappa shape index (κ1) is 18.3. The van der Waals surface area contributed by atoms with Crippen LogP contribution in [0.2, 0.25) is 15.1 Å². The Labute approximate surface area is 170 Å². The van der Waals surface area contributed by atoms with Gasteiger partial charge in [0, 0.05) is 30.4 Å². The molecule has 2 aromatic heterocycles. The molecule has 0 aliphatic carbocycles. The lowest BCUT2D eigenvalue weighted by molar-refractivity contribution is 0.707. The fourth-order valence-electron chi connectivity index (χ4n) is 3.46. The van der Waals surface area contributed by atoms with Crippen LogP contribution in [0.5, 0.6) is 0 Å². The van der Waals surface area contributed by atoms with Gasteiger partial charge in [-0.1, -0.05) is 34.8 Å². The normalized spacial score (nSPS) is 16.9. The Morgan fingerprint density at radius 2 is 1.93 bits per heavy atom. The minimum atomic E-state index is -0.421. The van der Waals surface area contributed by atoms with Gasteiger partial charge in [-0.25, -0.2) is 0 Å². The summed E-state index contributed by atoms with van der Waals surface area (Å²) in [6.45, 7) is 0.798. The topological polar surface area (TPSA) is 56.0 Å². The molecule has 3 aromatic rings.